The Bertz CT molecular complexity index is 345. The maximum atomic E-state index is 13.0. The van der Waals surface area contributed by atoms with Gasteiger partial charge in [0.25, 0.3) is 0 Å². The predicted molar refractivity (Wildman–Crippen MR) is 45.1 cm³/mol. The van der Waals surface area contributed by atoms with Crippen LogP contribution in [0.1, 0.15) is 0 Å². The number of aromatic amines is 1. The van der Waals surface area contributed by atoms with E-state index in [4.69, 9.17) is 11.6 Å². The van der Waals surface area contributed by atoms with Crippen molar-refractivity contribution < 1.29 is 13.9 Å². The zero-order chi connectivity index (χ0) is 10.0. The first kappa shape index (κ1) is 9.85. The molecule has 0 spiro atoms. The van der Waals surface area contributed by atoms with Gasteiger partial charge in [0.1, 0.15) is 0 Å². The summed E-state index contributed by atoms with van der Waals surface area (Å²) in [6.45, 7) is 0. The second kappa shape index (κ2) is 3.66. The fourth-order valence-electron chi connectivity index (χ4n) is 0.797. The minimum absolute atomic E-state index is 0.0232. The zero-order valence-electron chi connectivity index (χ0n) is 6.98. The van der Waals surface area contributed by atoms with Crippen molar-refractivity contribution in [3.63, 3.8) is 0 Å². The smallest absolute Gasteiger partial charge is 0.243 e. The number of hydrogen-bond acceptors (Lipinski definition) is 3. The number of hydrogen-bond donors (Lipinski definition) is 1. The van der Waals surface area contributed by atoms with E-state index in [1.54, 1.807) is 0 Å². The van der Waals surface area contributed by atoms with Gasteiger partial charge in [0.05, 0.1) is 14.2 Å². The van der Waals surface area contributed by atoms with Crippen molar-refractivity contribution in [3.8, 4) is 11.8 Å². The molecule has 4 nitrogen and oxygen atoms in total. The first-order valence-corrected chi connectivity index (χ1v) is 3.68. The molecular weight excluding hydrogens is 201 g/mol. The van der Waals surface area contributed by atoms with E-state index in [9.17, 15) is 9.18 Å². The van der Waals surface area contributed by atoms with Crippen LogP contribution in [0.4, 0.5) is 4.39 Å². The molecule has 0 aliphatic carbocycles. The summed E-state index contributed by atoms with van der Waals surface area (Å²) < 4.78 is 22.2. The van der Waals surface area contributed by atoms with Crippen LogP contribution in [0.3, 0.4) is 0 Å². The van der Waals surface area contributed by atoms with E-state index in [1.165, 1.54) is 14.2 Å². The number of H-pyrrole nitrogens is 1. The third kappa shape index (κ3) is 1.60. The zero-order valence-corrected chi connectivity index (χ0v) is 7.74. The highest BCUT2D eigenvalue weighted by atomic mass is 35.5. The molecular formula is C7H7ClFNO3. The number of ether oxygens (including phenoxy) is 2. The van der Waals surface area contributed by atoms with Crippen LogP contribution in [-0.2, 0) is 0 Å². The Kier molecular flexibility index (Phi) is 2.77. The number of nitrogens with one attached hydrogen (secondary N) is 1. The average Bonchev–Trinajstić information content (AvgIpc) is 2.15. The molecule has 0 saturated heterocycles. The minimum Gasteiger partial charge on any atom is -0.481 e. The van der Waals surface area contributed by atoms with E-state index in [0.29, 0.717) is 0 Å². The number of halogens is 2. The molecule has 0 aliphatic rings. The van der Waals surface area contributed by atoms with Crippen molar-refractivity contribution in [3.05, 3.63) is 21.1 Å². The molecule has 0 saturated carbocycles. The maximum absolute atomic E-state index is 13.0. The Morgan fingerprint density at radius 1 is 1.31 bits per heavy atom. The topological polar surface area (TPSA) is 51.3 Å². The second-order valence-electron chi connectivity index (χ2n) is 2.15. The fraction of sp³-hybridized carbons (Fsp3) is 0.286. The Balaban J connectivity index is 3.46. The second-order valence-corrected chi connectivity index (χ2v) is 2.53. The summed E-state index contributed by atoms with van der Waals surface area (Å²) >= 11 is 5.46. The fourth-order valence-corrected chi connectivity index (χ4v) is 1.00. The summed E-state index contributed by atoms with van der Waals surface area (Å²) in [5.74, 6) is -1.38. The van der Waals surface area contributed by atoms with Crippen LogP contribution in [0.15, 0.2) is 4.79 Å². The highest BCUT2D eigenvalue weighted by Gasteiger charge is 2.15. The van der Waals surface area contributed by atoms with Gasteiger partial charge in [-0.05, 0) is 0 Å². The van der Waals surface area contributed by atoms with Crippen LogP contribution in [0.25, 0.3) is 0 Å². The van der Waals surface area contributed by atoms with Crippen LogP contribution in [0, 0.1) is 5.82 Å². The van der Waals surface area contributed by atoms with E-state index in [-0.39, 0.29) is 16.8 Å². The molecule has 1 aromatic heterocycles. The Morgan fingerprint density at radius 2 is 1.85 bits per heavy atom. The highest BCUT2D eigenvalue weighted by molar-refractivity contribution is 6.31. The predicted octanol–water partition coefficient (Wildman–Crippen LogP) is 1.18. The number of pyridine rings is 1. The summed E-state index contributed by atoms with van der Waals surface area (Å²) in [6, 6.07) is 0. The van der Waals surface area contributed by atoms with Crippen LogP contribution in [0.2, 0.25) is 5.02 Å². The molecule has 0 amide bonds. The Hall–Kier alpha value is -1.23. The van der Waals surface area contributed by atoms with Crippen LogP contribution in [0.5, 0.6) is 11.8 Å². The van der Waals surface area contributed by atoms with Gasteiger partial charge in [-0.1, -0.05) is 11.6 Å². The van der Waals surface area contributed by atoms with Gasteiger partial charge in [0.2, 0.25) is 23.0 Å². The van der Waals surface area contributed by atoms with Gasteiger partial charge in [-0.2, -0.15) is 4.39 Å². The van der Waals surface area contributed by atoms with Gasteiger partial charge in [0, 0.05) is 0 Å². The lowest BCUT2D eigenvalue weighted by Crippen LogP contribution is -2.12. The van der Waals surface area contributed by atoms with E-state index in [2.05, 4.69) is 14.5 Å². The summed E-state index contributed by atoms with van der Waals surface area (Å²) in [4.78, 5) is 13.4. The van der Waals surface area contributed by atoms with E-state index >= 15 is 0 Å². The first-order valence-electron chi connectivity index (χ1n) is 3.31. The van der Waals surface area contributed by atoms with Crippen LogP contribution < -0.4 is 14.9 Å². The lowest BCUT2D eigenvalue weighted by molar-refractivity contribution is 0.343. The van der Waals surface area contributed by atoms with Crippen LogP contribution >= 0.6 is 11.6 Å². The van der Waals surface area contributed by atoms with Crippen molar-refractivity contribution in [1.29, 1.82) is 0 Å². The largest absolute Gasteiger partial charge is 0.481 e. The van der Waals surface area contributed by atoms with Crippen molar-refractivity contribution in [1.82, 2.24) is 4.98 Å². The molecule has 13 heavy (non-hydrogen) atoms. The summed E-state index contributed by atoms with van der Waals surface area (Å²) in [5.41, 5.74) is -0.950. The van der Waals surface area contributed by atoms with Crippen molar-refractivity contribution in [2.75, 3.05) is 14.2 Å². The summed E-state index contributed by atoms with van der Waals surface area (Å²) in [5, 5.41) is -0.333. The molecule has 0 radical (unpaired) electrons. The van der Waals surface area contributed by atoms with Gasteiger partial charge in [-0.25, -0.2) is 0 Å². The SMILES string of the molecule is COc1[nH]c(OC)c(Cl)c(=O)c1F. The molecule has 0 aliphatic heterocycles. The minimum atomic E-state index is -1.06. The van der Waals surface area contributed by atoms with Gasteiger partial charge < -0.3 is 9.47 Å². The number of rotatable bonds is 2. The molecule has 1 aromatic rings. The molecule has 0 unspecified atom stereocenters. The van der Waals surface area contributed by atoms with E-state index in [1.807, 2.05) is 0 Å². The van der Waals surface area contributed by atoms with E-state index in [0.717, 1.165) is 0 Å². The third-order valence-electron chi connectivity index (χ3n) is 1.43. The molecule has 0 fully saturated rings. The van der Waals surface area contributed by atoms with Crippen molar-refractivity contribution in [2.45, 2.75) is 0 Å². The van der Waals surface area contributed by atoms with Crippen molar-refractivity contribution in [2.24, 2.45) is 0 Å². The summed E-state index contributed by atoms with van der Waals surface area (Å²) in [6.07, 6.45) is 0. The maximum Gasteiger partial charge on any atom is 0.243 e. The Morgan fingerprint density at radius 3 is 2.31 bits per heavy atom. The van der Waals surface area contributed by atoms with Crippen molar-refractivity contribution >= 4 is 11.6 Å². The van der Waals surface area contributed by atoms with Gasteiger partial charge >= 0.3 is 0 Å². The highest BCUT2D eigenvalue weighted by Crippen LogP contribution is 2.22. The molecule has 1 N–H and O–H groups in total. The molecule has 0 aromatic carbocycles. The Labute approximate surface area is 78.2 Å². The summed E-state index contributed by atoms with van der Waals surface area (Å²) in [7, 11) is 2.52. The standard InChI is InChI=1S/C7H7ClFNO3/c1-12-6-3(8)5(11)4(9)7(10-6)13-2/h1-2H3,(H,10,11). The lowest BCUT2D eigenvalue weighted by Gasteiger charge is -2.06. The molecule has 1 heterocycles. The van der Waals surface area contributed by atoms with Gasteiger partial charge in [-0.3, -0.25) is 9.78 Å². The first-order chi connectivity index (χ1) is 6.11. The molecule has 0 bridgehead atoms. The quantitative estimate of drug-likeness (QED) is 0.793. The number of aromatic nitrogens is 1. The normalized spacial score (nSPS) is 9.85. The molecule has 72 valence electrons. The van der Waals surface area contributed by atoms with E-state index < -0.39 is 11.2 Å². The van der Waals surface area contributed by atoms with Gasteiger partial charge in [-0.15, -0.1) is 0 Å². The molecule has 1 rings (SSSR count). The molecule has 6 heteroatoms. The monoisotopic (exact) mass is 207 g/mol. The molecule has 0 atom stereocenters. The van der Waals surface area contributed by atoms with Crippen LogP contribution in [-0.4, -0.2) is 19.2 Å². The van der Waals surface area contributed by atoms with Gasteiger partial charge in [0.15, 0.2) is 5.02 Å². The third-order valence-corrected chi connectivity index (χ3v) is 1.78. The average molecular weight is 208 g/mol. The lowest BCUT2D eigenvalue weighted by atomic mass is 10.4. The number of methoxy groups -OCH3 is 2.